The van der Waals surface area contributed by atoms with Crippen molar-refractivity contribution in [2.24, 2.45) is 35.5 Å². The molecule has 10 rings (SSSR count). The summed E-state index contributed by atoms with van der Waals surface area (Å²) in [6, 6.07) is 12.9. The Bertz CT molecular complexity index is 1920. The van der Waals surface area contributed by atoms with Gasteiger partial charge in [0, 0.05) is 43.1 Å². The quantitative estimate of drug-likeness (QED) is 0.108. The Balaban J connectivity index is 0.921. The summed E-state index contributed by atoms with van der Waals surface area (Å²) in [4.78, 5) is 61.9. The van der Waals surface area contributed by atoms with E-state index in [1.165, 1.54) is 18.2 Å². The second-order valence-electron chi connectivity index (χ2n) is 17.4. The van der Waals surface area contributed by atoms with Crippen LogP contribution in [0.15, 0.2) is 48.5 Å². The van der Waals surface area contributed by atoms with E-state index in [2.05, 4.69) is 13.8 Å². The maximum atomic E-state index is 11.6. The molecule has 0 aromatic heterocycles. The van der Waals surface area contributed by atoms with Crippen LogP contribution in [0.2, 0.25) is 0 Å². The highest BCUT2D eigenvalue weighted by Gasteiger charge is 2.79. The maximum absolute atomic E-state index is 11.6. The molecule has 6 bridgehead atoms. The standard InChI is InChI=1S/C38H50O16P2/c1-23-11-28-19-33(16-23,17-24(2)35(28)37(45-3,53-51-35)26-7-5-9-31(14-26)49-55(39,40)41)47-22-48-34-18-25-12-29(20-34)36(30(13-25)21-34)38(46-4,54-52-36)27-8-6-10-32(15-27)50-56(42,43)44/h5-10,14-15,23-25,28-30H,11-13,16-22H2,1-4H3,(H2,39,40,41)(H2,42,43,44). The third-order valence-electron chi connectivity index (χ3n) is 14.2. The minimum Gasteiger partial charge on any atom is -0.404 e. The summed E-state index contributed by atoms with van der Waals surface area (Å²) in [6.45, 7) is 4.46. The molecule has 2 heterocycles. The lowest BCUT2D eigenvalue weighted by Crippen LogP contribution is -2.78. The predicted molar refractivity (Wildman–Crippen MR) is 192 cm³/mol. The van der Waals surface area contributed by atoms with E-state index in [0.29, 0.717) is 48.6 Å². The molecule has 4 N–H and O–H groups in total. The summed E-state index contributed by atoms with van der Waals surface area (Å²) in [5, 5.41) is 0. The van der Waals surface area contributed by atoms with Gasteiger partial charge in [-0.3, -0.25) is 19.6 Å². The number of ether oxygens (including phenoxy) is 4. The molecular weight excluding hydrogens is 774 g/mol. The Hall–Kier alpha value is -1.98. The van der Waals surface area contributed by atoms with Gasteiger partial charge in [0.1, 0.15) is 18.3 Å². The van der Waals surface area contributed by atoms with Crippen molar-refractivity contribution in [2.45, 2.75) is 106 Å². The number of phosphoric acid groups is 2. The zero-order valence-electron chi connectivity index (χ0n) is 31.7. The van der Waals surface area contributed by atoms with E-state index in [0.717, 1.165) is 32.1 Å². The minimum atomic E-state index is -4.79. The zero-order chi connectivity index (χ0) is 39.6. The average Bonchev–Trinajstić information content (AvgIpc) is 3.06. The molecule has 2 aromatic rings. The van der Waals surface area contributed by atoms with Crippen molar-refractivity contribution in [3.63, 3.8) is 0 Å². The van der Waals surface area contributed by atoms with Gasteiger partial charge in [0.15, 0.2) is 11.2 Å². The van der Waals surface area contributed by atoms with Crippen molar-refractivity contribution < 1.29 is 76.2 Å². The first-order valence-electron chi connectivity index (χ1n) is 19.3. The first-order chi connectivity index (χ1) is 26.4. The summed E-state index contributed by atoms with van der Waals surface area (Å²) >= 11 is 0. The molecule has 2 spiro atoms. The Morgan fingerprint density at radius 1 is 0.643 bits per heavy atom. The number of hydrogen-bond acceptors (Lipinski definition) is 12. The third-order valence-corrected chi connectivity index (χ3v) is 15.1. The van der Waals surface area contributed by atoms with Crippen LogP contribution in [-0.2, 0) is 59.2 Å². The third kappa shape index (κ3) is 5.86. The average molecular weight is 825 g/mol. The van der Waals surface area contributed by atoms with Crippen LogP contribution in [0.1, 0.15) is 82.8 Å². The smallest absolute Gasteiger partial charge is 0.404 e. The molecule has 9 unspecified atom stereocenters. The van der Waals surface area contributed by atoms with Crippen LogP contribution < -0.4 is 9.05 Å². The van der Waals surface area contributed by atoms with E-state index in [1.54, 1.807) is 44.6 Å². The number of benzene rings is 2. The van der Waals surface area contributed by atoms with Crippen molar-refractivity contribution in [2.75, 3.05) is 21.0 Å². The van der Waals surface area contributed by atoms with E-state index in [4.69, 9.17) is 47.5 Å². The summed E-state index contributed by atoms with van der Waals surface area (Å²) in [5.41, 5.74) is -1.49. The first-order valence-corrected chi connectivity index (χ1v) is 22.3. The predicted octanol–water partition coefficient (Wildman–Crippen LogP) is 6.11. The van der Waals surface area contributed by atoms with E-state index >= 15 is 0 Å². The van der Waals surface area contributed by atoms with E-state index < -0.39 is 49.6 Å². The van der Waals surface area contributed by atoms with Crippen LogP contribution in [0, 0.1) is 35.5 Å². The summed E-state index contributed by atoms with van der Waals surface area (Å²) in [7, 11) is -6.46. The molecule has 2 aliphatic heterocycles. The lowest BCUT2D eigenvalue weighted by Gasteiger charge is -2.70. The van der Waals surface area contributed by atoms with Gasteiger partial charge in [-0.25, -0.2) is 18.9 Å². The fourth-order valence-corrected chi connectivity index (χ4v) is 13.5. The van der Waals surface area contributed by atoms with E-state index in [9.17, 15) is 28.7 Å². The molecule has 18 heteroatoms. The van der Waals surface area contributed by atoms with Crippen molar-refractivity contribution in [3.05, 3.63) is 59.7 Å². The summed E-state index contributed by atoms with van der Waals surface area (Å²) < 4.78 is 59.2. The van der Waals surface area contributed by atoms with E-state index in [-0.39, 0.29) is 42.0 Å². The van der Waals surface area contributed by atoms with Gasteiger partial charge in [-0.15, -0.1) is 0 Å². The highest BCUT2D eigenvalue weighted by molar-refractivity contribution is 7.47. The van der Waals surface area contributed by atoms with Gasteiger partial charge in [-0.1, -0.05) is 38.1 Å². The van der Waals surface area contributed by atoms with Gasteiger partial charge in [-0.2, -0.15) is 9.78 Å². The van der Waals surface area contributed by atoms with Crippen molar-refractivity contribution >= 4 is 15.6 Å². The van der Waals surface area contributed by atoms with Gasteiger partial charge in [0.25, 0.3) is 11.6 Å². The van der Waals surface area contributed by atoms with Crippen LogP contribution in [0.3, 0.4) is 0 Å². The topological polar surface area (TPSA) is 207 Å². The molecular formula is C38H50O16P2. The van der Waals surface area contributed by atoms with Crippen LogP contribution in [0.4, 0.5) is 0 Å². The number of phosphoric ester groups is 2. The molecule has 8 aliphatic rings. The summed E-state index contributed by atoms with van der Waals surface area (Å²) in [5.74, 6) is -1.97. The summed E-state index contributed by atoms with van der Waals surface area (Å²) in [6.07, 6.45) is 7.22. The molecule has 0 radical (unpaired) electrons. The highest BCUT2D eigenvalue weighted by atomic mass is 31.2. The number of methoxy groups -OCH3 is 2. The molecule has 2 aromatic carbocycles. The van der Waals surface area contributed by atoms with Crippen LogP contribution in [0.25, 0.3) is 0 Å². The second kappa shape index (κ2) is 13.3. The van der Waals surface area contributed by atoms with Crippen LogP contribution in [-0.4, -0.2) is 63.0 Å². The number of rotatable bonds is 12. The Morgan fingerprint density at radius 2 is 1.12 bits per heavy atom. The van der Waals surface area contributed by atoms with Crippen LogP contribution in [0.5, 0.6) is 11.5 Å². The SMILES string of the molecule is COC1(c2cccc(OP(=O)(O)O)c2)OOC12C(C)CC1(OCOC34CC5CC(C3)C3(OOC3(OC)c3cccc(OP(=O)(O)O)c3)C(C5)C4)CC(C)CC2C1. The van der Waals surface area contributed by atoms with Gasteiger partial charge in [0.05, 0.1) is 11.2 Å². The van der Waals surface area contributed by atoms with Crippen molar-refractivity contribution in [1.29, 1.82) is 0 Å². The Morgan fingerprint density at radius 3 is 1.59 bits per heavy atom. The molecule has 9 atom stereocenters. The molecule has 8 fully saturated rings. The monoisotopic (exact) mass is 824 g/mol. The van der Waals surface area contributed by atoms with Crippen molar-refractivity contribution in [3.8, 4) is 11.5 Å². The Labute approximate surface area is 324 Å². The van der Waals surface area contributed by atoms with E-state index in [1.807, 2.05) is 0 Å². The molecule has 16 nitrogen and oxygen atoms in total. The zero-order valence-corrected chi connectivity index (χ0v) is 33.5. The minimum absolute atomic E-state index is 0.00454. The maximum Gasteiger partial charge on any atom is 0.524 e. The molecule has 2 saturated heterocycles. The van der Waals surface area contributed by atoms with Gasteiger partial charge < -0.3 is 28.0 Å². The van der Waals surface area contributed by atoms with Gasteiger partial charge in [0.2, 0.25) is 0 Å². The van der Waals surface area contributed by atoms with Gasteiger partial charge >= 0.3 is 15.6 Å². The molecule has 6 saturated carbocycles. The molecule has 56 heavy (non-hydrogen) atoms. The fraction of sp³-hybridized carbons (Fsp3) is 0.684. The Kier molecular flexibility index (Phi) is 9.35. The molecule has 308 valence electrons. The number of hydrogen-bond donors (Lipinski definition) is 4. The first kappa shape index (κ1) is 39.5. The van der Waals surface area contributed by atoms with Crippen molar-refractivity contribution in [1.82, 2.24) is 0 Å². The lowest BCUT2D eigenvalue weighted by atomic mass is 9.45. The normalized spacial score (nSPS) is 43.7. The van der Waals surface area contributed by atoms with Crippen LogP contribution >= 0.6 is 15.6 Å². The molecule has 6 aliphatic carbocycles. The lowest BCUT2D eigenvalue weighted by molar-refractivity contribution is -0.647. The fourth-order valence-electron chi connectivity index (χ4n) is 12.8. The highest BCUT2D eigenvalue weighted by Crippen LogP contribution is 2.71. The second-order valence-corrected chi connectivity index (χ2v) is 19.8. The van der Waals surface area contributed by atoms with Gasteiger partial charge in [-0.05, 0) is 99.8 Å². The largest absolute Gasteiger partial charge is 0.524 e. The number of fused-ring (bicyclic) bond motifs is 3. The molecule has 0 amide bonds.